The molecule has 106 valence electrons. The fourth-order valence-corrected chi connectivity index (χ4v) is 3.31. The van der Waals surface area contributed by atoms with Crippen LogP contribution in [0.3, 0.4) is 0 Å². The summed E-state index contributed by atoms with van der Waals surface area (Å²) in [7, 11) is -3.71. The number of nitrogens with zero attached hydrogens (tertiary/aromatic N) is 1. The molecule has 1 aromatic rings. The minimum Gasteiger partial charge on any atom is -0.480 e. The smallest absolute Gasteiger partial charge is 0.323 e. The van der Waals surface area contributed by atoms with Gasteiger partial charge in [0.1, 0.15) is 10.8 Å². The molecule has 1 rings (SSSR count). The van der Waals surface area contributed by atoms with E-state index in [2.05, 4.69) is 4.72 Å². The molecule has 1 heterocycles. The summed E-state index contributed by atoms with van der Waals surface area (Å²) < 4.78 is 25.7. The number of carboxylic acid groups (broad SMARTS) is 1. The summed E-state index contributed by atoms with van der Waals surface area (Å²) >= 11 is 1.04. The van der Waals surface area contributed by atoms with Gasteiger partial charge >= 0.3 is 5.97 Å². The molecule has 1 amide bonds. The Hall–Kier alpha value is -1.45. The van der Waals surface area contributed by atoms with Gasteiger partial charge in [0.25, 0.3) is 10.0 Å². The first kappa shape index (κ1) is 15.6. The number of amides is 1. The van der Waals surface area contributed by atoms with Crippen LogP contribution < -0.4 is 4.72 Å². The molecule has 0 aliphatic heterocycles. The van der Waals surface area contributed by atoms with E-state index < -0.39 is 35.0 Å². The highest BCUT2D eigenvalue weighted by atomic mass is 32.2. The van der Waals surface area contributed by atoms with E-state index in [1.54, 1.807) is 18.4 Å². The summed E-state index contributed by atoms with van der Waals surface area (Å²) in [6.45, 7) is 0.915. The molecule has 0 aliphatic rings. The van der Waals surface area contributed by atoms with E-state index in [4.69, 9.17) is 5.11 Å². The zero-order valence-electron chi connectivity index (χ0n) is 10.2. The zero-order valence-corrected chi connectivity index (χ0v) is 11.8. The molecule has 0 aliphatic carbocycles. The van der Waals surface area contributed by atoms with Crippen molar-refractivity contribution >= 4 is 33.2 Å². The highest BCUT2D eigenvalue weighted by Crippen LogP contribution is 2.14. The van der Waals surface area contributed by atoms with Crippen LogP contribution in [0.15, 0.2) is 21.7 Å². The van der Waals surface area contributed by atoms with Crippen LogP contribution in [0.1, 0.15) is 6.92 Å². The van der Waals surface area contributed by atoms with Gasteiger partial charge in [-0.1, -0.05) is 6.07 Å². The van der Waals surface area contributed by atoms with Gasteiger partial charge in [0, 0.05) is 6.54 Å². The largest absolute Gasteiger partial charge is 0.480 e. The maximum atomic E-state index is 11.7. The highest BCUT2D eigenvalue weighted by Gasteiger charge is 2.20. The second-order valence-electron chi connectivity index (χ2n) is 3.56. The number of carboxylic acids is 1. The van der Waals surface area contributed by atoms with Gasteiger partial charge in [-0.05, 0) is 18.4 Å². The van der Waals surface area contributed by atoms with Gasteiger partial charge in [0.15, 0.2) is 0 Å². The molecule has 0 aromatic carbocycles. The minimum atomic E-state index is -3.71. The van der Waals surface area contributed by atoms with Gasteiger partial charge in [-0.15, -0.1) is 11.3 Å². The number of rotatable bonds is 7. The SMILES string of the molecule is CCN(CC(=O)O)C(=O)CNS(=O)(=O)c1cccs1. The van der Waals surface area contributed by atoms with E-state index >= 15 is 0 Å². The average molecular weight is 306 g/mol. The molecule has 0 saturated heterocycles. The molecule has 0 radical (unpaired) electrons. The van der Waals surface area contributed by atoms with Gasteiger partial charge in [-0.2, -0.15) is 0 Å². The average Bonchev–Trinajstić information content (AvgIpc) is 2.87. The molecule has 19 heavy (non-hydrogen) atoms. The Morgan fingerprint density at radius 2 is 2.16 bits per heavy atom. The monoisotopic (exact) mass is 306 g/mol. The minimum absolute atomic E-state index is 0.113. The van der Waals surface area contributed by atoms with Crippen LogP contribution in [-0.4, -0.2) is 49.9 Å². The third-order valence-electron chi connectivity index (χ3n) is 2.23. The second kappa shape index (κ2) is 6.64. The fourth-order valence-electron chi connectivity index (χ4n) is 1.30. The van der Waals surface area contributed by atoms with E-state index in [-0.39, 0.29) is 10.8 Å². The molecule has 0 fully saturated rings. The number of hydrogen-bond donors (Lipinski definition) is 2. The fraction of sp³-hybridized carbons (Fsp3) is 0.400. The molecular formula is C10H14N2O5S2. The Morgan fingerprint density at radius 1 is 1.47 bits per heavy atom. The lowest BCUT2D eigenvalue weighted by Crippen LogP contribution is -2.42. The number of carbonyl (C=O) groups is 2. The molecular weight excluding hydrogens is 292 g/mol. The molecule has 0 spiro atoms. The van der Waals surface area contributed by atoms with Gasteiger partial charge in [0.2, 0.25) is 5.91 Å². The molecule has 1 aromatic heterocycles. The van der Waals surface area contributed by atoms with Crippen molar-refractivity contribution in [2.75, 3.05) is 19.6 Å². The van der Waals surface area contributed by atoms with Crippen molar-refractivity contribution in [2.45, 2.75) is 11.1 Å². The first-order valence-corrected chi connectivity index (χ1v) is 7.76. The molecule has 0 saturated carbocycles. The van der Waals surface area contributed by atoms with Crippen LogP contribution in [0.2, 0.25) is 0 Å². The van der Waals surface area contributed by atoms with Crippen molar-refractivity contribution in [1.82, 2.24) is 9.62 Å². The summed E-state index contributed by atoms with van der Waals surface area (Å²) in [5, 5.41) is 10.2. The predicted octanol–water partition coefficient (Wildman–Crippen LogP) is -0.0405. The van der Waals surface area contributed by atoms with Crippen molar-refractivity contribution in [1.29, 1.82) is 0 Å². The molecule has 0 bridgehead atoms. The number of aliphatic carboxylic acids is 1. The summed E-state index contributed by atoms with van der Waals surface area (Å²) in [6.07, 6.45) is 0. The number of sulfonamides is 1. The molecule has 7 nitrogen and oxygen atoms in total. The standard InChI is InChI=1S/C10H14N2O5S2/c1-2-12(7-9(14)15)8(13)6-11-19(16,17)10-4-3-5-18-10/h3-5,11H,2,6-7H2,1H3,(H,14,15). The van der Waals surface area contributed by atoms with Crippen LogP contribution in [-0.2, 0) is 19.6 Å². The first-order valence-electron chi connectivity index (χ1n) is 5.39. The van der Waals surface area contributed by atoms with Crippen LogP contribution >= 0.6 is 11.3 Å². The van der Waals surface area contributed by atoms with Crippen molar-refractivity contribution < 1.29 is 23.1 Å². The van der Waals surface area contributed by atoms with Gasteiger partial charge in [-0.25, -0.2) is 13.1 Å². The summed E-state index contributed by atoms with van der Waals surface area (Å²) in [5.41, 5.74) is 0. The zero-order chi connectivity index (χ0) is 14.5. The normalized spacial score (nSPS) is 11.2. The van der Waals surface area contributed by atoms with Gasteiger partial charge < -0.3 is 10.0 Å². The number of carbonyl (C=O) groups excluding carboxylic acids is 1. The first-order chi connectivity index (χ1) is 8.86. The lowest BCUT2D eigenvalue weighted by Gasteiger charge is -2.18. The number of likely N-dealkylation sites (N-methyl/N-ethyl adjacent to an activating group) is 1. The Bertz CT molecular complexity index is 538. The van der Waals surface area contributed by atoms with Crippen molar-refractivity contribution in [3.63, 3.8) is 0 Å². The van der Waals surface area contributed by atoms with E-state index in [1.807, 2.05) is 0 Å². The van der Waals surface area contributed by atoms with E-state index in [0.29, 0.717) is 0 Å². The van der Waals surface area contributed by atoms with Crippen molar-refractivity contribution in [3.05, 3.63) is 17.5 Å². The molecule has 0 atom stereocenters. The third kappa shape index (κ3) is 4.62. The molecule has 9 heteroatoms. The highest BCUT2D eigenvalue weighted by molar-refractivity contribution is 7.91. The Balaban J connectivity index is 2.61. The Morgan fingerprint density at radius 3 is 2.63 bits per heavy atom. The summed E-state index contributed by atoms with van der Waals surface area (Å²) in [4.78, 5) is 23.3. The summed E-state index contributed by atoms with van der Waals surface area (Å²) in [5.74, 6) is -1.72. The van der Waals surface area contributed by atoms with E-state index in [0.717, 1.165) is 16.2 Å². The predicted molar refractivity (Wildman–Crippen MR) is 69.4 cm³/mol. The van der Waals surface area contributed by atoms with Crippen LogP contribution in [0, 0.1) is 0 Å². The molecule has 2 N–H and O–H groups in total. The third-order valence-corrected chi connectivity index (χ3v) is 5.03. The Labute approximate surface area is 114 Å². The van der Waals surface area contributed by atoms with Crippen molar-refractivity contribution in [3.8, 4) is 0 Å². The lowest BCUT2D eigenvalue weighted by atomic mass is 10.4. The summed E-state index contributed by atoms with van der Waals surface area (Å²) in [6, 6.07) is 3.01. The Kier molecular flexibility index (Phi) is 5.45. The number of nitrogens with one attached hydrogen (secondary N) is 1. The number of hydrogen-bond acceptors (Lipinski definition) is 5. The van der Waals surface area contributed by atoms with Crippen LogP contribution in [0.4, 0.5) is 0 Å². The maximum Gasteiger partial charge on any atom is 0.323 e. The second-order valence-corrected chi connectivity index (χ2v) is 6.50. The van der Waals surface area contributed by atoms with E-state index in [1.165, 1.54) is 6.07 Å². The quantitative estimate of drug-likeness (QED) is 0.735. The number of thiophene rings is 1. The van der Waals surface area contributed by atoms with Crippen LogP contribution in [0.25, 0.3) is 0 Å². The van der Waals surface area contributed by atoms with Crippen molar-refractivity contribution in [2.24, 2.45) is 0 Å². The van der Waals surface area contributed by atoms with E-state index in [9.17, 15) is 18.0 Å². The molecule has 0 unspecified atom stereocenters. The van der Waals surface area contributed by atoms with Crippen LogP contribution in [0.5, 0.6) is 0 Å². The van der Waals surface area contributed by atoms with Gasteiger partial charge in [0.05, 0.1) is 6.54 Å². The maximum absolute atomic E-state index is 11.7. The van der Waals surface area contributed by atoms with Gasteiger partial charge in [-0.3, -0.25) is 9.59 Å². The topological polar surface area (TPSA) is 104 Å². The lowest BCUT2D eigenvalue weighted by molar-refractivity contribution is -0.143.